The van der Waals surface area contributed by atoms with Crippen molar-refractivity contribution in [1.82, 2.24) is 21.0 Å². The fourth-order valence-corrected chi connectivity index (χ4v) is 3.18. The highest BCUT2D eigenvalue weighted by molar-refractivity contribution is 5.93. The van der Waals surface area contributed by atoms with Gasteiger partial charge in [0.15, 0.2) is 0 Å². The van der Waals surface area contributed by atoms with E-state index in [0.29, 0.717) is 5.69 Å². The lowest BCUT2D eigenvalue weighted by atomic mass is 10.0. The van der Waals surface area contributed by atoms with Crippen molar-refractivity contribution in [3.63, 3.8) is 0 Å². The van der Waals surface area contributed by atoms with E-state index in [9.17, 15) is 9.59 Å². The fourth-order valence-electron chi connectivity index (χ4n) is 3.18. The first-order chi connectivity index (χ1) is 13.1. The van der Waals surface area contributed by atoms with Crippen molar-refractivity contribution < 1.29 is 14.8 Å². The maximum atomic E-state index is 12.2. The van der Waals surface area contributed by atoms with Crippen LogP contribution in [0.4, 0.5) is 5.69 Å². The largest absolute Gasteiger partial charge is 0.371 e. The number of hydrogen-bond acceptors (Lipinski definition) is 5. The summed E-state index contributed by atoms with van der Waals surface area (Å²) in [5.74, 6) is -0.726. The number of nitrogens with one attached hydrogen (secondary N) is 3. The molecule has 1 fully saturated rings. The zero-order chi connectivity index (χ0) is 19.2. The number of nitrogens with zero attached hydrogens (tertiary/aromatic N) is 2. The van der Waals surface area contributed by atoms with E-state index in [-0.39, 0.29) is 11.9 Å². The molecule has 0 atom stereocenters. The number of amides is 2. The van der Waals surface area contributed by atoms with Gasteiger partial charge in [-0.3, -0.25) is 19.9 Å². The minimum atomic E-state index is -0.570. The van der Waals surface area contributed by atoms with Gasteiger partial charge in [-0.1, -0.05) is 18.2 Å². The molecule has 2 heterocycles. The normalized spacial score (nSPS) is 15.1. The minimum Gasteiger partial charge on any atom is -0.371 e. The highest BCUT2D eigenvalue weighted by Gasteiger charge is 2.23. The molecule has 3 rings (SSSR count). The minimum absolute atomic E-state index is 0.105. The maximum Gasteiger partial charge on any atom is 0.271 e. The van der Waals surface area contributed by atoms with E-state index >= 15 is 0 Å². The van der Waals surface area contributed by atoms with E-state index in [4.69, 9.17) is 5.21 Å². The second-order valence-corrected chi connectivity index (χ2v) is 6.54. The number of piperidine rings is 1. The van der Waals surface area contributed by atoms with Crippen LogP contribution < -0.4 is 15.7 Å². The molecule has 1 aliphatic rings. The number of benzene rings is 1. The summed E-state index contributed by atoms with van der Waals surface area (Å²) in [7, 11) is 0. The molecular formula is C19H23N5O3. The molecule has 8 nitrogen and oxygen atoms in total. The van der Waals surface area contributed by atoms with Crippen LogP contribution in [-0.4, -0.2) is 46.4 Å². The van der Waals surface area contributed by atoms with Crippen molar-refractivity contribution in [1.29, 1.82) is 0 Å². The molecule has 0 bridgehead atoms. The van der Waals surface area contributed by atoms with Crippen LogP contribution in [0.5, 0.6) is 0 Å². The summed E-state index contributed by atoms with van der Waals surface area (Å²) in [4.78, 5) is 25.7. The topological polar surface area (TPSA) is 110 Å². The summed E-state index contributed by atoms with van der Waals surface area (Å²) in [5.41, 5.74) is 4.77. The van der Waals surface area contributed by atoms with Gasteiger partial charge in [-0.05, 0) is 43.5 Å². The van der Waals surface area contributed by atoms with E-state index in [1.54, 1.807) is 17.6 Å². The number of hydrogen-bond donors (Lipinski definition) is 4. The molecule has 142 valence electrons. The predicted molar refractivity (Wildman–Crippen MR) is 101 cm³/mol. The van der Waals surface area contributed by atoms with Gasteiger partial charge in [0.05, 0.1) is 0 Å². The van der Waals surface area contributed by atoms with Crippen molar-refractivity contribution in [2.45, 2.75) is 25.8 Å². The molecule has 0 spiro atoms. The standard InChI is InChI=1S/C19H23N5O3/c1-13-12-16(22-21-13)19(26)20-15-8-10-24(11-9-15)17-5-3-2-4-14(17)6-7-18(25)23-27/h2-7,12,15,27H,8-11H2,1H3,(H,20,26)(H,21,22)(H,23,25)/b7-6+. The molecule has 8 heteroatoms. The first-order valence-electron chi connectivity index (χ1n) is 8.86. The van der Waals surface area contributed by atoms with Crippen LogP contribution in [0.15, 0.2) is 36.4 Å². The van der Waals surface area contributed by atoms with Gasteiger partial charge in [0.2, 0.25) is 0 Å². The number of aryl methyl sites for hydroxylation is 1. The lowest BCUT2D eigenvalue weighted by molar-refractivity contribution is -0.124. The van der Waals surface area contributed by atoms with E-state index < -0.39 is 5.91 Å². The van der Waals surface area contributed by atoms with E-state index in [0.717, 1.165) is 42.9 Å². The Morgan fingerprint density at radius 2 is 2.04 bits per heavy atom. The molecule has 27 heavy (non-hydrogen) atoms. The second-order valence-electron chi connectivity index (χ2n) is 6.54. The van der Waals surface area contributed by atoms with Crippen LogP contribution in [0.25, 0.3) is 6.08 Å². The highest BCUT2D eigenvalue weighted by Crippen LogP contribution is 2.25. The second kappa shape index (κ2) is 8.50. The Labute approximate surface area is 157 Å². The van der Waals surface area contributed by atoms with Gasteiger partial charge in [-0.15, -0.1) is 0 Å². The van der Waals surface area contributed by atoms with Crippen LogP contribution >= 0.6 is 0 Å². The molecule has 2 aromatic rings. The Morgan fingerprint density at radius 3 is 2.70 bits per heavy atom. The third-order valence-corrected chi connectivity index (χ3v) is 4.57. The average Bonchev–Trinajstić information content (AvgIpc) is 3.13. The van der Waals surface area contributed by atoms with Crippen molar-refractivity contribution in [2.24, 2.45) is 0 Å². The first-order valence-corrected chi connectivity index (χ1v) is 8.86. The third kappa shape index (κ3) is 4.73. The zero-order valence-electron chi connectivity index (χ0n) is 15.1. The Morgan fingerprint density at radius 1 is 1.30 bits per heavy atom. The van der Waals surface area contributed by atoms with Gasteiger partial charge in [0.25, 0.3) is 11.8 Å². The lowest BCUT2D eigenvalue weighted by Gasteiger charge is -2.34. The quantitative estimate of drug-likeness (QED) is 0.364. The van der Waals surface area contributed by atoms with Crippen LogP contribution in [0.1, 0.15) is 34.6 Å². The molecule has 0 saturated carbocycles. The number of carbonyl (C=O) groups excluding carboxylic acids is 2. The number of anilines is 1. The van der Waals surface area contributed by atoms with Gasteiger partial charge < -0.3 is 10.2 Å². The summed E-state index contributed by atoms with van der Waals surface area (Å²) in [6, 6.07) is 9.61. The van der Waals surface area contributed by atoms with Crippen molar-refractivity contribution in [3.8, 4) is 0 Å². The molecule has 0 unspecified atom stereocenters. The molecule has 0 aliphatic carbocycles. The van der Waals surface area contributed by atoms with Gasteiger partial charge in [-0.25, -0.2) is 5.48 Å². The van der Waals surface area contributed by atoms with Crippen molar-refractivity contribution in [3.05, 3.63) is 53.4 Å². The number of H-pyrrole nitrogens is 1. The summed E-state index contributed by atoms with van der Waals surface area (Å²) >= 11 is 0. The van der Waals surface area contributed by atoms with E-state index in [1.807, 2.05) is 31.2 Å². The molecule has 1 aliphatic heterocycles. The SMILES string of the molecule is Cc1cc(C(=O)NC2CCN(c3ccccc3/C=C/C(=O)NO)CC2)n[nH]1. The molecule has 1 saturated heterocycles. The Balaban J connectivity index is 1.60. The summed E-state index contributed by atoms with van der Waals surface area (Å²) < 4.78 is 0. The highest BCUT2D eigenvalue weighted by atomic mass is 16.5. The number of para-hydroxylation sites is 1. The maximum absolute atomic E-state index is 12.2. The van der Waals surface area contributed by atoms with Crippen LogP contribution in [-0.2, 0) is 4.79 Å². The number of rotatable bonds is 5. The number of aromatic nitrogens is 2. The van der Waals surface area contributed by atoms with Crippen molar-refractivity contribution in [2.75, 3.05) is 18.0 Å². The lowest BCUT2D eigenvalue weighted by Crippen LogP contribution is -2.45. The average molecular weight is 369 g/mol. The molecule has 1 aromatic heterocycles. The van der Waals surface area contributed by atoms with Gasteiger partial charge in [-0.2, -0.15) is 5.10 Å². The smallest absolute Gasteiger partial charge is 0.271 e. The van der Waals surface area contributed by atoms with E-state index in [1.165, 1.54) is 6.08 Å². The van der Waals surface area contributed by atoms with E-state index in [2.05, 4.69) is 20.4 Å². The first kappa shape index (κ1) is 18.7. The molecule has 0 radical (unpaired) electrons. The number of hydroxylamine groups is 1. The van der Waals surface area contributed by atoms with Crippen molar-refractivity contribution >= 4 is 23.6 Å². The summed E-state index contributed by atoms with van der Waals surface area (Å²) in [6.45, 7) is 3.45. The molecule has 2 amide bonds. The zero-order valence-corrected chi connectivity index (χ0v) is 15.1. The Kier molecular flexibility index (Phi) is 5.87. The van der Waals surface area contributed by atoms with Gasteiger partial charge in [0.1, 0.15) is 5.69 Å². The number of carbonyl (C=O) groups is 2. The monoisotopic (exact) mass is 369 g/mol. The Hall–Kier alpha value is -3.13. The predicted octanol–water partition coefficient (Wildman–Crippen LogP) is 1.64. The van der Waals surface area contributed by atoms with Gasteiger partial charge >= 0.3 is 0 Å². The summed E-state index contributed by atoms with van der Waals surface area (Å²) in [6.07, 6.45) is 4.61. The summed E-state index contributed by atoms with van der Waals surface area (Å²) in [5, 5.41) is 18.4. The van der Waals surface area contributed by atoms with Crippen LogP contribution in [0.3, 0.4) is 0 Å². The molecule has 1 aromatic carbocycles. The van der Waals surface area contributed by atoms with Crippen LogP contribution in [0, 0.1) is 6.92 Å². The third-order valence-electron chi connectivity index (χ3n) is 4.57. The van der Waals surface area contributed by atoms with Crippen LogP contribution in [0.2, 0.25) is 0 Å². The van der Waals surface area contributed by atoms with Gasteiger partial charge in [0, 0.05) is 36.6 Å². The number of aromatic amines is 1. The fraction of sp³-hybridized carbons (Fsp3) is 0.316. The Bertz CT molecular complexity index is 837. The molecular weight excluding hydrogens is 346 g/mol. The molecule has 4 N–H and O–H groups in total.